The van der Waals surface area contributed by atoms with Gasteiger partial charge in [-0.05, 0) is 42.2 Å². The second-order valence-electron chi connectivity index (χ2n) is 7.16. The van der Waals surface area contributed by atoms with E-state index in [0.717, 1.165) is 56.1 Å². The van der Waals surface area contributed by atoms with Gasteiger partial charge < -0.3 is 19.3 Å². The molecule has 0 atom stereocenters. The monoisotopic (exact) mass is 383 g/mol. The van der Waals surface area contributed by atoms with E-state index in [-0.39, 0.29) is 5.91 Å². The van der Waals surface area contributed by atoms with Gasteiger partial charge in [0.15, 0.2) is 11.5 Å². The standard InChI is InChI=1S/C22H29N3O3/c1-5-6-8-24(2)22(26)17-10-19(14-23-13-17)25-9-7-16-11-20(27-3)21(28-4)12-18(16)15-25/h10-14H,5-9,15H2,1-4H3. The van der Waals surface area contributed by atoms with Crippen LogP contribution in [0.5, 0.6) is 11.5 Å². The van der Waals surface area contributed by atoms with Crippen LogP contribution in [-0.2, 0) is 13.0 Å². The normalized spacial score (nSPS) is 13.1. The number of unbranched alkanes of at least 4 members (excludes halogenated alkanes) is 1. The molecule has 3 rings (SSSR count). The molecule has 0 N–H and O–H groups in total. The van der Waals surface area contributed by atoms with Gasteiger partial charge in [-0.1, -0.05) is 13.3 Å². The molecule has 1 aromatic heterocycles. The van der Waals surface area contributed by atoms with Gasteiger partial charge in [-0.3, -0.25) is 9.78 Å². The molecule has 0 aliphatic carbocycles. The number of hydrogen-bond acceptors (Lipinski definition) is 5. The van der Waals surface area contributed by atoms with Crippen molar-refractivity contribution >= 4 is 11.6 Å². The van der Waals surface area contributed by atoms with Gasteiger partial charge in [0.1, 0.15) is 0 Å². The molecular weight excluding hydrogens is 354 g/mol. The second kappa shape index (κ2) is 8.95. The van der Waals surface area contributed by atoms with E-state index in [0.29, 0.717) is 5.56 Å². The zero-order chi connectivity index (χ0) is 20.1. The summed E-state index contributed by atoms with van der Waals surface area (Å²) in [6.45, 7) is 4.51. The number of aromatic nitrogens is 1. The van der Waals surface area contributed by atoms with Crippen molar-refractivity contribution in [1.29, 1.82) is 0 Å². The van der Waals surface area contributed by atoms with Gasteiger partial charge in [-0.2, -0.15) is 0 Å². The Balaban J connectivity index is 1.79. The van der Waals surface area contributed by atoms with Gasteiger partial charge in [0.2, 0.25) is 0 Å². The third-order valence-corrected chi connectivity index (χ3v) is 5.25. The first-order chi connectivity index (χ1) is 13.6. The number of carbonyl (C=O) groups excluding carboxylic acids is 1. The number of nitrogens with zero attached hydrogens (tertiary/aromatic N) is 3. The smallest absolute Gasteiger partial charge is 0.255 e. The third-order valence-electron chi connectivity index (χ3n) is 5.25. The Morgan fingerprint density at radius 2 is 1.86 bits per heavy atom. The van der Waals surface area contributed by atoms with Crippen LogP contribution in [0.4, 0.5) is 5.69 Å². The van der Waals surface area contributed by atoms with Crippen LogP contribution < -0.4 is 14.4 Å². The summed E-state index contributed by atoms with van der Waals surface area (Å²) < 4.78 is 10.9. The SMILES string of the molecule is CCCCN(C)C(=O)c1cncc(N2CCc3cc(OC)c(OC)cc3C2)c1. The number of pyridine rings is 1. The average Bonchev–Trinajstić information content (AvgIpc) is 2.75. The van der Waals surface area contributed by atoms with Crippen LogP contribution in [0.2, 0.25) is 0 Å². The molecule has 1 aromatic carbocycles. The largest absolute Gasteiger partial charge is 0.493 e. The van der Waals surface area contributed by atoms with Gasteiger partial charge in [0.25, 0.3) is 5.91 Å². The second-order valence-corrected chi connectivity index (χ2v) is 7.16. The maximum atomic E-state index is 12.7. The van der Waals surface area contributed by atoms with Crippen molar-refractivity contribution < 1.29 is 14.3 Å². The number of amides is 1. The molecular formula is C22H29N3O3. The lowest BCUT2D eigenvalue weighted by molar-refractivity contribution is 0.0793. The molecule has 1 amide bonds. The Bertz CT molecular complexity index is 838. The predicted octanol–water partition coefficient (Wildman–Crippen LogP) is 3.53. The highest BCUT2D eigenvalue weighted by Crippen LogP contribution is 2.34. The summed E-state index contributed by atoms with van der Waals surface area (Å²) in [6.07, 6.45) is 6.46. The quantitative estimate of drug-likeness (QED) is 0.732. The number of anilines is 1. The molecule has 0 bridgehead atoms. The van der Waals surface area contributed by atoms with E-state index in [9.17, 15) is 4.79 Å². The van der Waals surface area contributed by atoms with Crippen molar-refractivity contribution in [1.82, 2.24) is 9.88 Å². The Kier molecular flexibility index (Phi) is 6.39. The Hall–Kier alpha value is -2.76. The van der Waals surface area contributed by atoms with Gasteiger partial charge in [-0.15, -0.1) is 0 Å². The van der Waals surface area contributed by atoms with E-state index in [1.807, 2.05) is 25.4 Å². The first-order valence-electron chi connectivity index (χ1n) is 9.76. The van der Waals surface area contributed by atoms with E-state index in [1.54, 1.807) is 25.3 Å². The molecule has 0 saturated heterocycles. The molecule has 150 valence electrons. The summed E-state index contributed by atoms with van der Waals surface area (Å²) in [7, 11) is 5.16. The van der Waals surface area contributed by atoms with Crippen LogP contribution in [0, 0.1) is 0 Å². The van der Waals surface area contributed by atoms with E-state index < -0.39 is 0 Å². The fraction of sp³-hybridized carbons (Fsp3) is 0.455. The summed E-state index contributed by atoms with van der Waals surface area (Å²) in [5.74, 6) is 1.52. The fourth-order valence-corrected chi connectivity index (χ4v) is 3.54. The number of fused-ring (bicyclic) bond motifs is 1. The van der Waals surface area contributed by atoms with Gasteiger partial charge in [0, 0.05) is 32.9 Å². The molecule has 1 aliphatic rings. The number of benzene rings is 1. The zero-order valence-corrected chi connectivity index (χ0v) is 17.2. The number of hydrogen-bond donors (Lipinski definition) is 0. The molecule has 0 fully saturated rings. The Morgan fingerprint density at radius 1 is 1.14 bits per heavy atom. The molecule has 6 heteroatoms. The number of carbonyl (C=O) groups is 1. The summed E-state index contributed by atoms with van der Waals surface area (Å²) >= 11 is 0. The summed E-state index contributed by atoms with van der Waals surface area (Å²) in [5.41, 5.74) is 4.08. The molecule has 1 aliphatic heterocycles. The van der Waals surface area contributed by atoms with E-state index in [4.69, 9.17) is 9.47 Å². The average molecular weight is 383 g/mol. The first-order valence-corrected chi connectivity index (χ1v) is 9.76. The molecule has 0 spiro atoms. The molecule has 0 unspecified atom stereocenters. The highest BCUT2D eigenvalue weighted by atomic mass is 16.5. The Morgan fingerprint density at radius 3 is 2.54 bits per heavy atom. The first kappa shape index (κ1) is 20.0. The van der Waals surface area contributed by atoms with Crippen LogP contribution in [0.1, 0.15) is 41.3 Å². The highest BCUT2D eigenvalue weighted by molar-refractivity contribution is 5.94. The van der Waals surface area contributed by atoms with Crippen molar-refractivity contribution in [2.24, 2.45) is 0 Å². The van der Waals surface area contributed by atoms with E-state index >= 15 is 0 Å². The lowest BCUT2D eigenvalue weighted by Gasteiger charge is -2.31. The maximum Gasteiger partial charge on any atom is 0.255 e. The minimum absolute atomic E-state index is 0.0200. The van der Waals surface area contributed by atoms with Crippen molar-refractivity contribution in [3.63, 3.8) is 0 Å². The number of ether oxygens (including phenoxy) is 2. The molecule has 2 aromatic rings. The van der Waals surface area contributed by atoms with Crippen molar-refractivity contribution in [2.45, 2.75) is 32.7 Å². The fourth-order valence-electron chi connectivity index (χ4n) is 3.54. The summed E-state index contributed by atoms with van der Waals surface area (Å²) in [6, 6.07) is 6.05. The van der Waals surface area contributed by atoms with Crippen LogP contribution in [-0.4, -0.2) is 50.1 Å². The van der Waals surface area contributed by atoms with Crippen LogP contribution >= 0.6 is 0 Å². The minimum atomic E-state index is 0.0200. The molecule has 0 radical (unpaired) electrons. The van der Waals surface area contributed by atoms with Gasteiger partial charge >= 0.3 is 0 Å². The van der Waals surface area contributed by atoms with Crippen molar-refractivity contribution in [3.05, 3.63) is 47.3 Å². The molecule has 2 heterocycles. The van der Waals surface area contributed by atoms with E-state index in [1.165, 1.54) is 11.1 Å². The van der Waals surface area contributed by atoms with Gasteiger partial charge in [0.05, 0.1) is 31.7 Å². The number of rotatable bonds is 7. The highest BCUT2D eigenvalue weighted by Gasteiger charge is 2.21. The summed E-state index contributed by atoms with van der Waals surface area (Å²) in [5, 5.41) is 0. The molecule has 28 heavy (non-hydrogen) atoms. The predicted molar refractivity (Wildman–Crippen MR) is 110 cm³/mol. The maximum absolute atomic E-state index is 12.7. The Labute approximate surface area is 167 Å². The van der Waals surface area contributed by atoms with Crippen LogP contribution in [0.15, 0.2) is 30.6 Å². The third kappa shape index (κ3) is 4.21. The van der Waals surface area contributed by atoms with Crippen LogP contribution in [0.25, 0.3) is 0 Å². The molecule has 6 nitrogen and oxygen atoms in total. The number of methoxy groups -OCH3 is 2. The summed E-state index contributed by atoms with van der Waals surface area (Å²) in [4.78, 5) is 21.0. The minimum Gasteiger partial charge on any atom is -0.493 e. The van der Waals surface area contributed by atoms with Crippen LogP contribution in [0.3, 0.4) is 0 Å². The van der Waals surface area contributed by atoms with Crippen molar-refractivity contribution in [2.75, 3.05) is 39.3 Å². The lowest BCUT2D eigenvalue weighted by atomic mass is 9.98. The zero-order valence-electron chi connectivity index (χ0n) is 17.2. The van der Waals surface area contributed by atoms with Gasteiger partial charge in [-0.25, -0.2) is 0 Å². The lowest BCUT2D eigenvalue weighted by Crippen LogP contribution is -2.31. The molecule has 0 saturated carbocycles. The topological polar surface area (TPSA) is 54.9 Å². The van der Waals surface area contributed by atoms with E-state index in [2.05, 4.69) is 22.9 Å². The van der Waals surface area contributed by atoms with Crippen molar-refractivity contribution in [3.8, 4) is 11.5 Å².